The van der Waals surface area contributed by atoms with Gasteiger partial charge in [-0.2, -0.15) is 0 Å². The number of aromatic nitrogens is 2. The molecule has 0 aliphatic rings. The van der Waals surface area contributed by atoms with Crippen molar-refractivity contribution in [2.45, 2.75) is 18.8 Å². The third kappa shape index (κ3) is 3.01. The van der Waals surface area contributed by atoms with E-state index in [-0.39, 0.29) is 6.54 Å². The summed E-state index contributed by atoms with van der Waals surface area (Å²) < 4.78 is 1.03. The van der Waals surface area contributed by atoms with Gasteiger partial charge in [0.2, 0.25) is 0 Å². The molecule has 1 heterocycles. The monoisotopic (exact) mass is 216 g/mol. The van der Waals surface area contributed by atoms with Gasteiger partial charge in [0.15, 0.2) is 0 Å². The number of hydrogen-bond donors (Lipinski definition) is 4. The summed E-state index contributed by atoms with van der Waals surface area (Å²) in [7, 11) is 0. The van der Waals surface area contributed by atoms with Crippen LogP contribution < -0.4 is 11.2 Å². The van der Waals surface area contributed by atoms with Crippen LogP contribution in [0.1, 0.15) is 0 Å². The predicted octanol–water partition coefficient (Wildman–Crippen LogP) is -2.75. The summed E-state index contributed by atoms with van der Waals surface area (Å²) in [6, 6.07) is 1.12. The minimum Gasteiger partial charge on any atom is -0.394 e. The first-order chi connectivity index (χ1) is 7.04. The first-order valence-corrected chi connectivity index (χ1v) is 4.31. The van der Waals surface area contributed by atoms with E-state index >= 15 is 0 Å². The Kier molecular flexibility index (Phi) is 3.78. The molecule has 7 nitrogen and oxygen atoms in total. The van der Waals surface area contributed by atoms with Crippen LogP contribution in [0.2, 0.25) is 0 Å². The van der Waals surface area contributed by atoms with Crippen LogP contribution >= 0.6 is 0 Å². The fraction of sp³-hybridized carbons (Fsp3) is 0.500. The Bertz CT molecular complexity index is 424. The molecule has 0 spiro atoms. The van der Waals surface area contributed by atoms with Gasteiger partial charge in [-0.3, -0.25) is 14.3 Å². The van der Waals surface area contributed by atoms with Gasteiger partial charge in [0.25, 0.3) is 5.56 Å². The summed E-state index contributed by atoms with van der Waals surface area (Å²) in [5.41, 5.74) is -1.21. The van der Waals surface area contributed by atoms with Crippen LogP contribution in [0.25, 0.3) is 0 Å². The van der Waals surface area contributed by atoms with E-state index in [4.69, 9.17) is 10.2 Å². The molecular formula is C8H12N2O5. The van der Waals surface area contributed by atoms with E-state index < -0.39 is 30.1 Å². The van der Waals surface area contributed by atoms with Gasteiger partial charge in [-0.1, -0.05) is 0 Å². The zero-order valence-corrected chi connectivity index (χ0v) is 7.83. The number of nitrogens with zero attached hydrogens (tertiary/aromatic N) is 1. The van der Waals surface area contributed by atoms with Crippen molar-refractivity contribution in [1.29, 1.82) is 0 Å². The molecule has 1 aromatic rings. The van der Waals surface area contributed by atoms with E-state index in [1.54, 1.807) is 0 Å². The Hall–Kier alpha value is -1.44. The number of aromatic amines is 1. The van der Waals surface area contributed by atoms with Crippen LogP contribution in [0.5, 0.6) is 0 Å². The molecule has 7 heteroatoms. The zero-order chi connectivity index (χ0) is 11.4. The van der Waals surface area contributed by atoms with Gasteiger partial charge in [-0.05, 0) is 0 Å². The molecule has 0 saturated carbocycles. The number of rotatable bonds is 4. The zero-order valence-electron chi connectivity index (χ0n) is 7.83. The lowest BCUT2D eigenvalue weighted by molar-refractivity contribution is -0.0221. The molecule has 0 fully saturated rings. The van der Waals surface area contributed by atoms with Crippen molar-refractivity contribution in [3.63, 3.8) is 0 Å². The highest BCUT2D eigenvalue weighted by Crippen LogP contribution is 1.94. The third-order valence-corrected chi connectivity index (χ3v) is 1.91. The third-order valence-electron chi connectivity index (χ3n) is 1.91. The number of H-pyrrole nitrogens is 1. The Morgan fingerprint density at radius 1 is 1.33 bits per heavy atom. The second-order valence-electron chi connectivity index (χ2n) is 3.08. The lowest BCUT2D eigenvalue weighted by Gasteiger charge is -2.16. The molecule has 0 radical (unpaired) electrons. The molecule has 1 rings (SSSR count). The molecule has 0 amide bonds. The van der Waals surface area contributed by atoms with E-state index in [0.29, 0.717) is 0 Å². The van der Waals surface area contributed by atoms with Crippen LogP contribution in [-0.2, 0) is 6.54 Å². The maximum Gasteiger partial charge on any atom is 0.328 e. The number of aliphatic hydroxyl groups is 3. The first kappa shape index (κ1) is 11.6. The molecule has 0 unspecified atom stereocenters. The average molecular weight is 216 g/mol. The van der Waals surface area contributed by atoms with E-state index in [1.165, 1.54) is 6.20 Å². The van der Waals surface area contributed by atoms with Crippen molar-refractivity contribution in [3.8, 4) is 0 Å². The summed E-state index contributed by atoms with van der Waals surface area (Å²) in [6.45, 7) is -0.795. The van der Waals surface area contributed by atoms with Crippen molar-refractivity contribution < 1.29 is 15.3 Å². The van der Waals surface area contributed by atoms with Gasteiger partial charge in [0.1, 0.15) is 12.2 Å². The maximum atomic E-state index is 11.1. The smallest absolute Gasteiger partial charge is 0.328 e. The van der Waals surface area contributed by atoms with Gasteiger partial charge in [-0.25, -0.2) is 4.79 Å². The van der Waals surface area contributed by atoms with E-state index in [0.717, 1.165) is 10.6 Å². The Morgan fingerprint density at radius 2 is 2.00 bits per heavy atom. The molecule has 0 aliphatic heterocycles. The molecule has 4 N–H and O–H groups in total. The summed E-state index contributed by atoms with van der Waals surface area (Å²) in [5.74, 6) is 0. The second-order valence-corrected chi connectivity index (χ2v) is 3.08. The minimum atomic E-state index is -1.32. The summed E-state index contributed by atoms with van der Waals surface area (Å²) in [5, 5.41) is 26.9. The van der Waals surface area contributed by atoms with Crippen LogP contribution in [0.3, 0.4) is 0 Å². The molecule has 0 aliphatic carbocycles. The lowest BCUT2D eigenvalue weighted by Crippen LogP contribution is -2.38. The fourth-order valence-corrected chi connectivity index (χ4v) is 1.03. The number of nitrogens with one attached hydrogen (secondary N) is 1. The average Bonchev–Trinajstić information content (AvgIpc) is 2.20. The lowest BCUT2D eigenvalue weighted by atomic mass is 10.2. The molecule has 0 saturated heterocycles. The highest BCUT2D eigenvalue weighted by molar-refractivity contribution is 4.83. The molecule has 0 bridgehead atoms. The number of aliphatic hydroxyl groups excluding tert-OH is 3. The number of hydrogen-bond acceptors (Lipinski definition) is 5. The van der Waals surface area contributed by atoms with E-state index in [1.807, 2.05) is 4.98 Å². The largest absolute Gasteiger partial charge is 0.394 e. The second kappa shape index (κ2) is 4.87. The van der Waals surface area contributed by atoms with Crippen LogP contribution in [0.4, 0.5) is 0 Å². The van der Waals surface area contributed by atoms with Crippen LogP contribution in [-0.4, -0.2) is 43.7 Å². The molecule has 2 atom stereocenters. The Balaban J connectivity index is 2.81. The molecule has 0 aromatic carbocycles. The fourth-order valence-electron chi connectivity index (χ4n) is 1.03. The summed E-state index contributed by atoms with van der Waals surface area (Å²) in [6.07, 6.45) is -1.38. The molecule has 15 heavy (non-hydrogen) atoms. The van der Waals surface area contributed by atoms with Gasteiger partial charge in [-0.15, -0.1) is 0 Å². The first-order valence-electron chi connectivity index (χ1n) is 4.31. The minimum absolute atomic E-state index is 0.197. The summed E-state index contributed by atoms with van der Waals surface area (Å²) >= 11 is 0. The SMILES string of the molecule is O=c1ccn(C[C@@H](O)[C@@H](O)CO)c(=O)[nH]1. The molecule has 1 aromatic heterocycles. The molecule has 84 valence electrons. The van der Waals surface area contributed by atoms with E-state index in [2.05, 4.69) is 0 Å². The van der Waals surface area contributed by atoms with Crippen molar-refractivity contribution in [3.05, 3.63) is 33.1 Å². The normalized spacial score (nSPS) is 14.9. The van der Waals surface area contributed by atoms with Crippen molar-refractivity contribution in [2.24, 2.45) is 0 Å². The van der Waals surface area contributed by atoms with Gasteiger partial charge < -0.3 is 15.3 Å². The maximum absolute atomic E-state index is 11.1. The van der Waals surface area contributed by atoms with Gasteiger partial charge in [0, 0.05) is 12.3 Å². The van der Waals surface area contributed by atoms with Gasteiger partial charge in [0.05, 0.1) is 13.2 Å². The predicted molar refractivity (Wildman–Crippen MR) is 50.4 cm³/mol. The summed E-state index contributed by atoms with van der Waals surface area (Å²) in [4.78, 5) is 23.8. The quantitative estimate of drug-likeness (QED) is 0.435. The Labute approximate surface area is 84.2 Å². The van der Waals surface area contributed by atoms with Crippen molar-refractivity contribution in [1.82, 2.24) is 9.55 Å². The van der Waals surface area contributed by atoms with Gasteiger partial charge >= 0.3 is 5.69 Å². The topological polar surface area (TPSA) is 116 Å². The highest BCUT2D eigenvalue weighted by Gasteiger charge is 2.15. The van der Waals surface area contributed by atoms with Crippen molar-refractivity contribution >= 4 is 0 Å². The highest BCUT2D eigenvalue weighted by atomic mass is 16.4. The van der Waals surface area contributed by atoms with Crippen LogP contribution in [0.15, 0.2) is 21.9 Å². The Morgan fingerprint density at radius 3 is 2.53 bits per heavy atom. The molecular weight excluding hydrogens is 204 g/mol. The van der Waals surface area contributed by atoms with Crippen LogP contribution in [0, 0.1) is 0 Å². The van der Waals surface area contributed by atoms with Crippen molar-refractivity contribution in [2.75, 3.05) is 6.61 Å². The standard InChI is InChI=1S/C8H12N2O5/c11-4-6(13)5(12)3-10-2-1-7(14)9-8(10)15/h1-2,5-6,11-13H,3-4H2,(H,9,14,15)/t5-,6+/m1/s1. The van der Waals surface area contributed by atoms with E-state index in [9.17, 15) is 14.7 Å².